The fourth-order valence-electron chi connectivity index (χ4n) is 2.62. The SMILES string of the molecule is CCC1(OCCS(=O)(=O)CC)CCCN(C(=O)OC(C)(C)C)C1. The van der Waals surface area contributed by atoms with Crippen LogP contribution in [0.15, 0.2) is 0 Å². The Morgan fingerprint density at radius 3 is 2.43 bits per heavy atom. The van der Waals surface area contributed by atoms with E-state index in [0.29, 0.717) is 13.1 Å². The molecule has 0 bridgehead atoms. The van der Waals surface area contributed by atoms with Gasteiger partial charge in [0.05, 0.1) is 24.5 Å². The summed E-state index contributed by atoms with van der Waals surface area (Å²) in [4.78, 5) is 13.9. The topological polar surface area (TPSA) is 72.9 Å². The summed E-state index contributed by atoms with van der Waals surface area (Å²) in [5.74, 6) is 0.150. The van der Waals surface area contributed by atoms with E-state index in [1.807, 2.05) is 27.7 Å². The predicted octanol–water partition coefficient (Wildman–Crippen LogP) is 2.62. The number of amides is 1. The first-order chi connectivity index (χ1) is 10.5. The number of piperidine rings is 1. The van der Waals surface area contributed by atoms with Gasteiger partial charge in [0.1, 0.15) is 5.60 Å². The molecule has 1 heterocycles. The smallest absolute Gasteiger partial charge is 0.410 e. The molecule has 0 radical (unpaired) electrons. The summed E-state index contributed by atoms with van der Waals surface area (Å²) < 4.78 is 34.6. The lowest BCUT2D eigenvalue weighted by molar-refractivity contribution is -0.0883. The van der Waals surface area contributed by atoms with Gasteiger partial charge in [0.15, 0.2) is 9.84 Å². The van der Waals surface area contributed by atoms with Gasteiger partial charge in [-0.05, 0) is 40.0 Å². The van der Waals surface area contributed by atoms with Crippen LogP contribution in [-0.4, -0.2) is 61.8 Å². The molecule has 6 nitrogen and oxygen atoms in total. The van der Waals surface area contributed by atoms with Crippen LogP contribution in [0, 0.1) is 0 Å². The molecule has 0 aromatic heterocycles. The highest BCUT2D eigenvalue weighted by atomic mass is 32.2. The van der Waals surface area contributed by atoms with E-state index in [9.17, 15) is 13.2 Å². The van der Waals surface area contributed by atoms with E-state index >= 15 is 0 Å². The Labute approximate surface area is 140 Å². The molecule has 7 heteroatoms. The summed E-state index contributed by atoms with van der Waals surface area (Å²) in [5.41, 5.74) is -1.00. The van der Waals surface area contributed by atoms with E-state index in [4.69, 9.17) is 9.47 Å². The maximum absolute atomic E-state index is 12.2. The summed E-state index contributed by atoms with van der Waals surface area (Å²) in [7, 11) is -3.04. The predicted molar refractivity (Wildman–Crippen MR) is 90.3 cm³/mol. The molecular formula is C16H31NO5S. The van der Waals surface area contributed by atoms with Crippen molar-refractivity contribution in [3.8, 4) is 0 Å². The summed E-state index contributed by atoms with van der Waals surface area (Å²) in [5, 5.41) is 0. The average Bonchev–Trinajstić information content (AvgIpc) is 2.45. The van der Waals surface area contributed by atoms with E-state index in [1.54, 1.807) is 11.8 Å². The summed E-state index contributed by atoms with van der Waals surface area (Å²) in [6.07, 6.45) is 2.06. The molecule has 0 aromatic carbocycles. The number of carbonyl (C=O) groups is 1. The van der Waals surface area contributed by atoms with Gasteiger partial charge in [-0.2, -0.15) is 0 Å². The zero-order valence-corrected chi connectivity index (χ0v) is 15.9. The quantitative estimate of drug-likeness (QED) is 0.737. The highest BCUT2D eigenvalue weighted by Crippen LogP contribution is 2.29. The van der Waals surface area contributed by atoms with Gasteiger partial charge in [-0.25, -0.2) is 13.2 Å². The van der Waals surface area contributed by atoms with E-state index in [2.05, 4.69) is 0 Å². The van der Waals surface area contributed by atoms with Gasteiger partial charge in [-0.1, -0.05) is 13.8 Å². The minimum absolute atomic E-state index is 0.0255. The van der Waals surface area contributed by atoms with Crippen molar-refractivity contribution < 1.29 is 22.7 Å². The van der Waals surface area contributed by atoms with Crippen molar-refractivity contribution in [1.29, 1.82) is 0 Å². The molecule has 136 valence electrons. The van der Waals surface area contributed by atoms with Gasteiger partial charge < -0.3 is 14.4 Å². The number of ether oxygens (including phenoxy) is 2. The third-order valence-corrected chi connectivity index (χ3v) is 5.75. The number of nitrogens with zero attached hydrogens (tertiary/aromatic N) is 1. The Morgan fingerprint density at radius 1 is 1.26 bits per heavy atom. The molecule has 1 aliphatic rings. The van der Waals surface area contributed by atoms with E-state index < -0.39 is 21.0 Å². The molecule has 0 aliphatic carbocycles. The molecule has 23 heavy (non-hydrogen) atoms. The van der Waals surface area contributed by atoms with E-state index in [-0.39, 0.29) is 24.2 Å². The van der Waals surface area contributed by atoms with Crippen molar-refractivity contribution in [1.82, 2.24) is 4.90 Å². The second-order valence-electron chi connectivity index (χ2n) is 7.13. The maximum atomic E-state index is 12.2. The third-order valence-electron chi connectivity index (χ3n) is 4.08. The van der Waals surface area contributed by atoms with Crippen LogP contribution in [0.25, 0.3) is 0 Å². The molecule has 1 rings (SSSR count). The molecule has 0 aromatic rings. The lowest BCUT2D eigenvalue weighted by Gasteiger charge is -2.42. The summed E-state index contributed by atoms with van der Waals surface area (Å²) in [6, 6.07) is 0. The first-order valence-electron chi connectivity index (χ1n) is 8.35. The van der Waals surface area contributed by atoms with Crippen LogP contribution in [0.1, 0.15) is 53.9 Å². The first kappa shape index (κ1) is 20.2. The number of hydrogen-bond acceptors (Lipinski definition) is 5. The van der Waals surface area contributed by atoms with E-state index in [0.717, 1.165) is 19.3 Å². The van der Waals surface area contributed by atoms with Crippen molar-refractivity contribution >= 4 is 15.9 Å². The molecule has 0 spiro atoms. The molecule has 1 amide bonds. The molecule has 0 N–H and O–H groups in total. The molecule has 1 unspecified atom stereocenters. The molecular weight excluding hydrogens is 318 g/mol. The van der Waals surface area contributed by atoms with E-state index in [1.165, 1.54) is 0 Å². The lowest BCUT2D eigenvalue weighted by atomic mass is 9.90. The van der Waals surface area contributed by atoms with Crippen molar-refractivity contribution in [2.45, 2.75) is 65.1 Å². The molecule has 1 fully saturated rings. The Bertz CT molecular complexity index is 497. The Balaban J connectivity index is 2.66. The van der Waals surface area contributed by atoms with Gasteiger partial charge in [-0.15, -0.1) is 0 Å². The molecule has 1 atom stereocenters. The van der Waals surface area contributed by atoms with Gasteiger partial charge >= 0.3 is 6.09 Å². The molecule has 1 saturated heterocycles. The van der Waals surface area contributed by atoms with Gasteiger partial charge in [0.2, 0.25) is 0 Å². The van der Waals surface area contributed by atoms with Gasteiger partial charge in [0.25, 0.3) is 0 Å². The Morgan fingerprint density at radius 2 is 1.91 bits per heavy atom. The van der Waals surface area contributed by atoms with Crippen LogP contribution in [0.3, 0.4) is 0 Å². The normalized spacial score (nSPS) is 22.9. The molecule has 0 saturated carbocycles. The minimum Gasteiger partial charge on any atom is -0.444 e. The van der Waals surface area contributed by atoms with Crippen LogP contribution in [0.4, 0.5) is 4.79 Å². The summed E-state index contributed by atoms with van der Waals surface area (Å²) >= 11 is 0. The number of carbonyl (C=O) groups excluding carboxylic acids is 1. The number of sulfone groups is 1. The molecule has 1 aliphatic heterocycles. The van der Waals surface area contributed by atoms with Gasteiger partial charge in [0, 0.05) is 12.3 Å². The maximum Gasteiger partial charge on any atom is 0.410 e. The van der Waals surface area contributed by atoms with Gasteiger partial charge in [-0.3, -0.25) is 0 Å². The van der Waals surface area contributed by atoms with Crippen LogP contribution in [0.2, 0.25) is 0 Å². The van der Waals surface area contributed by atoms with Crippen LogP contribution in [0.5, 0.6) is 0 Å². The zero-order valence-electron chi connectivity index (χ0n) is 15.1. The van der Waals surface area contributed by atoms with Crippen LogP contribution >= 0.6 is 0 Å². The summed E-state index contributed by atoms with van der Waals surface area (Å²) in [6.45, 7) is 10.4. The number of hydrogen-bond donors (Lipinski definition) is 0. The third kappa shape index (κ3) is 6.67. The van der Waals surface area contributed by atoms with Crippen LogP contribution < -0.4 is 0 Å². The first-order valence-corrected chi connectivity index (χ1v) is 10.2. The number of likely N-dealkylation sites (tertiary alicyclic amines) is 1. The second-order valence-corrected chi connectivity index (χ2v) is 9.60. The van der Waals surface area contributed by atoms with Crippen molar-refractivity contribution in [3.05, 3.63) is 0 Å². The fourth-order valence-corrected chi connectivity index (χ4v) is 3.24. The Kier molecular flexibility index (Phi) is 6.89. The highest BCUT2D eigenvalue weighted by Gasteiger charge is 2.38. The number of rotatable bonds is 6. The van der Waals surface area contributed by atoms with Crippen LogP contribution in [-0.2, 0) is 19.3 Å². The van der Waals surface area contributed by atoms with Crippen molar-refractivity contribution in [2.24, 2.45) is 0 Å². The van der Waals surface area contributed by atoms with Crippen molar-refractivity contribution in [3.63, 3.8) is 0 Å². The van der Waals surface area contributed by atoms with Crippen molar-refractivity contribution in [2.75, 3.05) is 31.2 Å². The highest BCUT2D eigenvalue weighted by molar-refractivity contribution is 7.91. The Hall–Kier alpha value is -0.820. The monoisotopic (exact) mass is 349 g/mol. The standard InChI is InChI=1S/C16H31NO5S/c1-6-16(21-11-12-23(19,20)7-2)9-8-10-17(13-16)14(18)22-15(3,4)5/h6-13H2,1-5H3. The minimum atomic E-state index is -3.04. The lowest BCUT2D eigenvalue weighted by Crippen LogP contribution is -2.52. The largest absolute Gasteiger partial charge is 0.444 e. The zero-order chi connectivity index (χ0) is 17.7. The fraction of sp³-hybridized carbons (Fsp3) is 0.938. The average molecular weight is 349 g/mol. The second kappa shape index (κ2) is 7.83.